The number of rotatable bonds is 5. The summed E-state index contributed by atoms with van der Waals surface area (Å²) < 4.78 is 5.48. The third-order valence-corrected chi connectivity index (χ3v) is 5.55. The molecule has 0 spiro atoms. The second-order valence-corrected chi connectivity index (χ2v) is 7.29. The molecule has 1 fully saturated rings. The zero-order valence-corrected chi connectivity index (χ0v) is 14.9. The van der Waals surface area contributed by atoms with E-state index < -0.39 is 12.1 Å². The van der Waals surface area contributed by atoms with E-state index in [1.807, 2.05) is 11.8 Å². The van der Waals surface area contributed by atoms with E-state index in [0.29, 0.717) is 26.1 Å². The smallest absolute Gasteiger partial charge is 0.251 e. The molecular formula is C17H25N3O3S. The third kappa shape index (κ3) is 3.96. The Morgan fingerprint density at radius 3 is 3.17 bits per heavy atom. The number of ether oxygens (including phenoxy) is 1. The average molecular weight is 351 g/mol. The largest absolute Gasteiger partial charge is 0.366 e. The van der Waals surface area contributed by atoms with E-state index in [1.54, 1.807) is 11.3 Å². The van der Waals surface area contributed by atoms with Crippen LogP contribution in [0.25, 0.3) is 0 Å². The molecule has 0 saturated carbocycles. The number of amides is 2. The molecule has 0 aromatic carbocycles. The van der Waals surface area contributed by atoms with Gasteiger partial charge in [-0.05, 0) is 29.9 Å². The van der Waals surface area contributed by atoms with Gasteiger partial charge in [0.25, 0.3) is 5.91 Å². The maximum Gasteiger partial charge on any atom is 0.251 e. The van der Waals surface area contributed by atoms with Crippen LogP contribution in [-0.4, -0.2) is 55.1 Å². The number of nitrogens with zero attached hydrogens (tertiary/aromatic N) is 1. The third-order valence-electron chi connectivity index (χ3n) is 4.53. The second kappa shape index (κ2) is 8.09. The fourth-order valence-corrected chi connectivity index (χ4v) is 4.09. The van der Waals surface area contributed by atoms with Crippen molar-refractivity contribution in [2.24, 2.45) is 0 Å². The first-order valence-corrected chi connectivity index (χ1v) is 9.53. The molecule has 2 N–H and O–H groups in total. The van der Waals surface area contributed by atoms with Gasteiger partial charge >= 0.3 is 0 Å². The van der Waals surface area contributed by atoms with Crippen molar-refractivity contribution in [2.75, 3.05) is 26.2 Å². The zero-order valence-electron chi connectivity index (χ0n) is 14.0. The summed E-state index contributed by atoms with van der Waals surface area (Å²) in [6, 6.07) is 1.63. The summed E-state index contributed by atoms with van der Waals surface area (Å²) in [7, 11) is 0. The minimum atomic E-state index is -0.504. The van der Waals surface area contributed by atoms with Gasteiger partial charge in [0, 0.05) is 31.1 Å². The molecule has 6 nitrogen and oxygen atoms in total. The molecule has 3 heterocycles. The van der Waals surface area contributed by atoms with Crippen molar-refractivity contribution in [1.29, 1.82) is 0 Å². The first kappa shape index (κ1) is 17.4. The molecule has 132 valence electrons. The fraction of sp³-hybridized carbons (Fsp3) is 0.647. The Balaban J connectivity index is 1.62. The Bertz CT molecular complexity index is 583. The fourth-order valence-electron chi connectivity index (χ4n) is 3.20. The molecular weight excluding hydrogens is 326 g/mol. The van der Waals surface area contributed by atoms with Crippen LogP contribution < -0.4 is 10.6 Å². The lowest BCUT2D eigenvalue weighted by atomic mass is 10.1. The summed E-state index contributed by atoms with van der Waals surface area (Å²) >= 11 is 1.76. The highest BCUT2D eigenvalue weighted by atomic mass is 32.1. The number of carbonyl (C=O) groups excluding carboxylic acids is 2. The van der Waals surface area contributed by atoms with Gasteiger partial charge in [-0.25, -0.2) is 0 Å². The lowest BCUT2D eigenvalue weighted by molar-refractivity contribution is -0.142. The van der Waals surface area contributed by atoms with Crippen LogP contribution in [0.3, 0.4) is 0 Å². The SMILES string of the molecule is CCCC(NC(=O)C1CNCCO1)C(=O)N1CCc2sccc2C1. The highest BCUT2D eigenvalue weighted by molar-refractivity contribution is 7.10. The molecule has 1 aromatic rings. The van der Waals surface area contributed by atoms with Crippen molar-refractivity contribution in [3.05, 3.63) is 21.9 Å². The number of thiophene rings is 1. The summed E-state index contributed by atoms with van der Waals surface area (Å²) in [5.41, 5.74) is 1.24. The van der Waals surface area contributed by atoms with Crippen LogP contribution in [0.2, 0.25) is 0 Å². The summed E-state index contributed by atoms with van der Waals surface area (Å²) in [6.45, 7) is 5.19. The summed E-state index contributed by atoms with van der Waals surface area (Å²) in [6.07, 6.45) is 1.90. The summed E-state index contributed by atoms with van der Waals surface area (Å²) in [4.78, 5) is 28.5. The van der Waals surface area contributed by atoms with Crippen LogP contribution in [0.4, 0.5) is 0 Å². The lowest BCUT2D eigenvalue weighted by Gasteiger charge is -2.32. The maximum atomic E-state index is 12.9. The monoisotopic (exact) mass is 351 g/mol. The van der Waals surface area contributed by atoms with Gasteiger partial charge < -0.3 is 20.3 Å². The Morgan fingerprint density at radius 1 is 1.54 bits per heavy atom. The van der Waals surface area contributed by atoms with Crippen LogP contribution in [0, 0.1) is 0 Å². The van der Waals surface area contributed by atoms with E-state index >= 15 is 0 Å². The average Bonchev–Trinajstić information content (AvgIpc) is 3.09. The molecule has 2 aliphatic rings. The Hall–Kier alpha value is -1.44. The van der Waals surface area contributed by atoms with Gasteiger partial charge in [-0.2, -0.15) is 0 Å². The first-order valence-electron chi connectivity index (χ1n) is 8.65. The number of fused-ring (bicyclic) bond motifs is 1. The molecule has 0 aliphatic carbocycles. The topological polar surface area (TPSA) is 70.7 Å². The molecule has 3 rings (SSSR count). The van der Waals surface area contributed by atoms with E-state index in [9.17, 15) is 9.59 Å². The van der Waals surface area contributed by atoms with Crippen molar-refractivity contribution in [3.8, 4) is 0 Å². The highest BCUT2D eigenvalue weighted by Crippen LogP contribution is 2.24. The van der Waals surface area contributed by atoms with E-state index in [4.69, 9.17) is 4.74 Å². The van der Waals surface area contributed by atoms with Crippen molar-refractivity contribution in [3.63, 3.8) is 0 Å². The van der Waals surface area contributed by atoms with E-state index in [-0.39, 0.29) is 11.8 Å². The van der Waals surface area contributed by atoms with Crippen molar-refractivity contribution in [1.82, 2.24) is 15.5 Å². The van der Waals surface area contributed by atoms with E-state index in [1.165, 1.54) is 10.4 Å². The summed E-state index contributed by atoms with van der Waals surface area (Å²) in [5, 5.41) is 8.13. The lowest BCUT2D eigenvalue weighted by Crippen LogP contribution is -2.55. The minimum absolute atomic E-state index is 0.0193. The van der Waals surface area contributed by atoms with Crippen molar-refractivity contribution >= 4 is 23.2 Å². The predicted octanol–water partition coefficient (Wildman–Crippen LogP) is 0.906. The van der Waals surface area contributed by atoms with Crippen LogP contribution in [-0.2, 0) is 27.3 Å². The van der Waals surface area contributed by atoms with Gasteiger partial charge in [-0.1, -0.05) is 13.3 Å². The standard InChI is InChI=1S/C17H25N3O3S/c1-2-3-13(19-16(21)14-10-18-6-8-23-14)17(22)20-7-4-15-12(11-20)5-9-24-15/h5,9,13-14,18H,2-4,6-8,10-11H2,1H3,(H,19,21). The normalized spacial score (nSPS) is 21.9. The minimum Gasteiger partial charge on any atom is -0.366 e. The Morgan fingerprint density at radius 2 is 2.42 bits per heavy atom. The zero-order chi connectivity index (χ0) is 16.9. The van der Waals surface area contributed by atoms with Crippen LogP contribution in [0.1, 0.15) is 30.2 Å². The molecule has 24 heavy (non-hydrogen) atoms. The molecule has 2 amide bonds. The molecule has 0 radical (unpaired) electrons. The molecule has 1 aromatic heterocycles. The quantitative estimate of drug-likeness (QED) is 0.827. The first-order chi connectivity index (χ1) is 11.7. The van der Waals surface area contributed by atoms with E-state index in [0.717, 1.165) is 25.9 Å². The van der Waals surface area contributed by atoms with Gasteiger partial charge in [-0.15, -0.1) is 11.3 Å². The van der Waals surface area contributed by atoms with Crippen LogP contribution in [0.15, 0.2) is 11.4 Å². The number of nitrogens with one attached hydrogen (secondary N) is 2. The number of morpholine rings is 1. The molecule has 0 bridgehead atoms. The molecule has 2 atom stereocenters. The number of carbonyl (C=O) groups is 2. The number of hydrogen-bond acceptors (Lipinski definition) is 5. The van der Waals surface area contributed by atoms with Gasteiger partial charge in [0.2, 0.25) is 5.91 Å². The van der Waals surface area contributed by atoms with Gasteiger partial charge in [0.05, 0.1) is 6.61 Å². The van der Waals surface area contributed by atoms with Crippen LogP contribution >= 0.6 is 11.3 Å². The highest BCUT2D eigenvalue weighted by Gasteiger charge is 2.31. The second-order valence-electron chi connectivity index (χ2n) is 6.29. The van der Waals surface area contributed by atoms with Crippen molar-refractivity contribution in [2.45, 2.75) is 44.9 Å². The molecule has 1 saturated heterocycles. The van der Waals surface area contributed by atoms with Gasteiger partial charge in [-0.3, -0.25) is 9.59 Å². The van der Waals surface area contributed by atoms with Crippen LogP contribution in [0.5, 0.6) is 0 Å². The molecule has 2 unspecified atom stereocenters. The Labute approximate surface area is 146 Å². The Kier molecular flexibility index (Phi) is 5.86. The predicted molar refractivity (Wildman–Crippen MR) is 92.9 cm³/mol. The molecule has 2 aliphatic heterocycles. The maximum absolute atomic E-state index is 12.9. The van der Waals surface area contributed by atoms with Crippen molar-refractivity contribution < 1.29 is 14.3 Å². The number of hydrogen-bond donors (Lipinski definition) is 2. The van der Waals surface area contributed by atoms with Gasteiger partial charge in [0.15, 0.2) is 0 Å². The van der Waals surface area contributed by atoms with Gasteiger partial charge in [0.1, 0.15) is 12.1 Å². The summed E-state index contributed by atoms with van der Waals surface area (Å²) in [5.74, 6) is -0.173. The van der Waals surface area contributed by atoms with E-state index in [2.05, 4.69) is 22.1 Å². The molecule has 7 heteroatoms.